The van der Waals surface area contributed by atoms with Crippen LogP contribution in [0.25, 0.3) is 0 Å². The van der Waals surface area contributed by atoms with Crippen molar-refractivity contribution in [2.24, 2.45) is 17.6 Å². The molecule has 1 rings (SSSR count). The zero-order valence-corrected chi connectivity index (χ0v) is 11.0. The van der Waals surface area contributed by atoms with E-state index < -0.39 is 0 Å². The summed E-state index contributed by atoms with van der Waals surface area (Å²) in [6, 6.07) is 0.356. The lowest BCUT2D eigenvalue weighted by Gasteiger charge is -2.44. The zero-order chi connectivity index (χ0) is 12.2. The molecule has 0 radical (unpaired) electrons. The summed E-state index contributed by atoms with van der Waals surface area (Å²) in [5.74, 6) is 1.56. The summed E-state index contributed by atoms with van der Waals surface area (Å²) in [6.07, 6.45) is 4.41. The van der Waals surface area contributed by atoms with Crippen LogP contribution in [0.15, 0.2) is 0 Å². The Morgan fingerprint density at radius 2 is 2.12 bits per heavy atom. The molecule has 96 valence electrons. The van der Waals surface area contributed by atoms with E-state index in [0.717, 1.165) is 18.3 Å². The van der Waals surface area contributed by atoms with E-state index in [1.165, 1.54) is 19.3 Å². The van der Waals surface area contributed by atoms with Crippen LogP contribution in [0.3, 0.4) is 0 Å². The minimum atomic E-state index is 0.112. The van der Waals surface area contributed by atoms with E-state index >= 15 is 0 Å². The second-order valence-electron chi connectivity index (χ2n) is 5.74. The van der Waals surface area contributed by atoms with Crippen LogP contribution in [0.2, 0.25) is 0 Å². The van der Waals surface area contributed by atoms with Crippen molar-refractivity contribution in [1.29, 1.82) is 0 Å². The molecule has 0 spiro atoms. The van der Waals surface area contributed by atoms with Gasteiger partial charge in [0.25, 0.3) is 0 Å². The fraction of sp³-hybridized carbons (Fsp3) is 1.00. The summed E-state index contributed by atoms with van der Waals surface area (Å²) in [6.45, 7) is 7.76. The second-order valence-corrected chi connectivity index (χ2v) is 5.74. The maximum atomic E-state index is 8.95. The molecule has 1 fully saturated rings. The minimum Gasteiger partial charge on any atom is -0.396 e. The SMILES string of the molecule is CC(CCO)NC1(CN)CCC(C)C(C)C1. The molecule has 0 aromatic rings. The highest BCUT2D eigenvalue weighted by Gasteiger charge is 2.37. The van der Waals surface area contributed by atoms with E-state index in [-0.39, 0.29) is 12.1 Å². The van der Waals surface area contributed by atoms with Crippen molar-refractivity contribution < 1.29 is 5.11 Å². The summed E-state index contributed by atoms with van der Waals surface area (Å²) >= 11 is 0. The molecule has 0 heterocycles. The van der Waals surface area contributed by atoms with E-state index in [4.69, 9.17) is 10.8 Å². The molecule has 0 aromatic carbocycles. The fourth-order valence-electron chi connectivity index (χ4n) is 2.87. The van der Waals surface area contributed by atoms with Crippen LogP contribution in [0.1, 0.15) is 46.5 Å². The molecule has 3 heteroatoms. The lowest BCUT2D eigenvalue weighted by Crippen LogP contribution is -2.57. The van der Waals surface area contributed by atoms with Crippen LogP contribution >= 0.6 is 0 Å². The topological polar surface area (TPSA) is 58.3 Å². The molecule has 0 saturated heterocycles. The van der Waals surface area contributed by atoms with Gasteiger partial charge in [-0.2, -0.15) is 0 Å². The lowest BCUT2D eigenvalue weighted by molar-refractivity contribution is 0.129. The highest BCUT2D eigenvalue weighted by Crippen LogP contribution is 2.36. The monoisotopic (exact) mass is 228 g/mol. The number of nitrogens with two attached hydrogens (primary N) is 1. The van der Waals surface area contributed by atoms with Gasteiger partial charge in [-0.05, 0) is 44.4 Å². The lowest BCUT2D eigenvalue weighted by atomic mass is 9.71. The van der Waals surface area contributed by atoms with Gasteiger partial charge in [-0.3, -0.25) is 0 Å². The smallest absolute Gasteiger partial charge is 0.0445 e. The van der Waals surface area contributed by atoms with Crippen molar-refractivity contribution in [3.8, 4) is 0 Å². The van der Waals surface area contributed by atoms with Crippen LogP contribution in [0.4, 0.5) is 0 Å². The molecule has 0 aromatic heterocycles. The zero-order valence-electron chi connectivity index (χ0n) is 11.0. The average molecular weight is 228 g/mol. The largest absolute Gasteiger partial charge is 0.396 e. The maximum Gasteiger partial charge on any atom is 0.0445 e. The van der Waals surface area contributed by atoms with Gasteiger partial charge in [-0.25, -0.2) is 0 Å². The highest BCUT2D eigenvalue weighted by atomic mass is 16.3. The van der Waals surface area contributed by atoms with Gasteiger partial charge >= 0.3 is 0 Å². The first-order valence-electron chi connectivity index (χ1n) is 6.61. The van der Waals surface area contributed by atoms with Crippen LogP contribution in [-0.2, 0) is 0 Å². The third-order valence-corrected chi connectivity index (χ3v) is 4.27. The van der Waals surface area contributed by atoms with Gasteiger partial charge in [0.05, 0.1) is 0 Å². The van der Waals surface area contributed by atoms with E-state index in [1.807, 2.05) is 0 Å². The normalized spacial score (nSPS) is 37.3. The predicted octanol–water partition coefficient (Wildman–Crippen LogP) is 1.50. The Morgan fingerprint density at radius 3 is 2.62 bits per heavy atom. The number of hydrogen-bond acceptors (Lipinski definition) is 3. The molecule has 0 bridgehead atoms. The molecule has 4 atom stereocenters. The molecule has 0 amide bonds. The molecule has 1 aliphatic rings. The Hall–Kier alpha value is -0.120. The van der Waals surface area contributed by atoms with Crippen molar-refractivity contribution in [2.75, 3.05) is 13.2 Å². The molecule has 1 saturated carbocycles. The summed E-state index contributed by atoms with van der Waals surface area (Å²) in [5.41, 5.74) is 6.08. The number of aliphatic hydroxyl groups is 1. The van der Waals surface area contributed by atoms with Gasteiger partial charge in [0.2, 0.25) is 0 Å². The fourth-order valence-corrected chi connectivity index (χ4v) is 2.87. The predicted molar refractivity (Wildman–Crippen MR) is 68.3 cm³/mol. The average Bonchev–Trinajstić information content (AvgIpc) is 2.24. The number of aliphatic hydroxyl groups excluding tert-OH is 1. The summed E-state index contributed by atoms with van der Waals surface area (Å²) < 4.78 is 0. The van der Waals surface area contributed by atoms with Crippen LogP contribution < -0.4 is 11.1 Å². The Balaban J connectivity index is 2.56. The Labute approximate surface area is 99.8 Å². The Bertz CT molecular complexity index is 210. The first kappa shape index (κ1) is 13.9. The first-order chi connectivity index (χ1) is 7.53. The maximum absolute atomic E-state index is 8.95. The van der Waals surface area contributed by atoms with Crippen LogP contribution in [0, 0.1) is 11.8 Å². The summed E-state index contributed by atoms with van der Waals surface area (Å²) in [5, 5.41) is 12.6. The molecule has 3 nitrogen and oxygen atoms in total. The second kappa shape index (κ2) is 5.99. The van der Waals surface area contributed by atoms with E-state index in [9.17, 15) is 0 Å². The summed E-state index contributed by atoms with van der Waals surface area (Å²) in [4.78, 5) is 0. The molecular formula is C13H28N2O. The van der Waals surface area contributed by atoms with E-state index in [0.29, 0.717) is 12.6 Å². The Kier molecular flexibility index (Phi) is 5.22. The molecule has 4 N–H and O–H groups in total. The first-order valence-corrected chi connectivity index (χ1v) is 6.61. The van der Waals surface area contributed by atoms with Crippen LogP contribution in [-0.4, -0.2) is 29.8 Å². The van der Waals surface area contributed by atoms with Gasteiger partial charge in [-0.15, -0.1) is 0 Å². The van der Waals surface area contributed by atoms with Gasteiger partial charge < -0.3 is 16.2 Å². The van der Waals surface area contributed by atoms with E-state index in [1.54, 1.807) is 0 Å². The number of rotatable bonds is 5. The van der Waals surface area contributed by atoms with Crippen molar-refractivity contribution in [3.05, 3.63) is 0 Å². The quantitative estimate of drug-likeness (QED) is 0.668. The van der Waals surface area contributed by atoms with Gasteiger partial charge in [-0.1, -0.05) is 13.8 Å². The molecule has 4 unspecified atom stereocenters. The van der Waals surface area contributed by atoms with E-state index in [2.05, 4.69) is 26.1 Å². The van der Waals surface area contributed by atoms with Gasteiger partial charge in [0, 0.05) is 24.7 Å². The van der Waals surface area contributed by atoms with Crippen molar-refractivity contribution >= 4 is 0 Å². The van der Waals surface area contributed by atoms with Gasteiger partial charge in [0.1, 0.15) is 0 Å². The molecular weight excluding hydrogens is 200 g/mol. The molecule has 1 aliphatic carbocycles. The highest BCUT2D eigenvalue weighted by molar-refractivity contribution is 4.96. The third-order valence-electron chi connectivity index (χ3n) is 4.27. The third kappa shape index (κ3) is 3.44. The van der Waals surface area contributed by atoms with Crippen molar-refractivity contribution in [3.63, 3.8) is 0 Å². The van der Waals surface area contributed by atoms with Gasteiger partial charge in [0.15, 0.2) is 0 Å². The van der Waals surface area contributed by atoms with Crippen molar-refractivity contribution in [1.82, 2.24) is 5.32 Å². The minimum absolute atomic E-state index is 0.112. The standard InChI is InChI=1S/C13H28N2O/c1-10-4-6-13(9-14,8-11(10)2)15-12(3)5-7-16/h10-12,15-16H,4-9,14H2,1-3H3. The van der Waals surface area contributed by atoms with Crippen LogP contribution in [0.5, 0.6) is 0 Å². The summed E-state index contributed by atoms with van der Waals surface area (Å²) in [7, 11) is 0. The Morgan fingerprint density at radius 1 is 1.44 bits per heavy atom. The molecule has 0 aliphatic heterocycles. The van der Waals surface area contributed by atoms with Crippen molar-refractivity contribution in [2.45, 2.75) is 58.0 Å². The number of nitrogens with one attached hydrogen (secondary N) is 1. The molecule has 16 heavy (non-hydrogen) atoms. The number of hydrogen-bond donors (Lipinski definition) is 3.